The van der Waals surface area contributed by atoms with Crippen LogP contribution in [0, 0.1) is 0 Å². The topological polar surface area (TPSA) is 159 Å². The molecule has 0 spiro atoms. The zero-order chi connectivity index (χ0) is 21.2. The van der Waals surface area contributed by atoms with Gasteiger partial charge in [-0.25, -0.2) is 4.79 Å². The quantitative estimate of drug-likeness (QED) is 0.157. The summed E-state index contributed by atoms with van der Waals surface area (Å²) in [7, 11) is 0. The fourth-order valence-corrected chi connectivity index (χ4v) is 2.59. The van der Waals surface area contributed by atoms with Crippen molar-refractivity contribution in [3.63, 3.8) is 0 Å². The van der Waals surface area contributed by atoms with Crippen molar-refractivity contribution in [2.45, 2.75) is 38.1 Å². The molecule has 11 nitrogen and oxygen atoms in total. The molecule has 1 fully saturated rings. The average molecular weight is 401 g/mol. The summed E-state index contributed by atoms with van der Waals surface area (Å²) in [4.78, 5) is 66.4. The third-order valence-electron chi connectivity index (χ3n) is 4.15. The Labute approximate surface area is 165 Å². The number of nitrogens with zero attached hydrogens (tertiary/aromatic N) is 4. The van der Waals surface area contributed by atoms with Gasteiger partial charge in [0.2, 0.25) is 0 Å². The van der Waals surface area contributed by atoms with E-state index in [0.717, 1.165) is 0 Å². The van der Waals surface area contributed by atoms with E-state index >= 15 is 0 Å². The van der Waals surface area contributed by atoms with E-state index in [1.54, 1.807) is 0 Å². The SMILES string of the molecule is [N-]=[N+]=NCCCCC(NC(=O)c1ccc(C=O)cc1)C(=O)ON1C(=O)CCC1=O. The fourth-order valence-electron chi connectivity index (χ4n) is 2.59. The first-order valence-corrected chi connectivity index (χ1v) is 8.91. The van der Waals surface area contributed by atoms with E-state index in [1.165, 1.54) is 24.3 Å². The lowest BCUT2D eigenvalue weighted by Gasteiger charge is -2.20. The Morgan fingerprint density at radius 3 is 2.45 bits per heavy atom. The smallest absolute Gasteiger partial charge is 0.339 e. The molecule has 2 rings (SSSR count). The predicted molar refractivity (Wildman–Crippen MR) is 98.1 cm³/mol. The summed E-state index contributed by atoms with van der Waals surface area (Å²) < 4.78 is 0. The predicted octanol–water partition coefficient (Wildman–Crippen LogP) is 1.69. The highest BCUT2D eigenvalue weighted by Crippen LogP contribution is 2.14. The number of benzene rings is 1. The van der Waals surface area contributed by atoms with E-state index < -0.39 is 29.7 Å². The normalized spacial score (nSPS) is 14.1. The molecule has 0 saturated carbocycles. The van der Waals surface area contributed by atoms with Gasteiger partial charge in [-0.1, -0.05) is 23.7 Å². The molecule has 1 atom stereocenters. The number of rotatable bonds is 10. The Morgan fingerprint density at radius 1 is 1.21 bits per heavy atom. The summed E-state index contributed by atoms with van der Waals surface area (Å²) in [6.07, 6.45) is 1.59. The molecule has 11 heteroatoms. The number of imide groups is 1. The number of carbonyl (C=O) groups excluding carboxylic acids is 5. The van der Waals surface area contributed by atoms with Crippen molar-refractivity contribution in [2.24, 2.45) is 5.11 Å². The van der Waals surface area contributed by atoms with Crippen LogP contribution in [-0.2, 0) is 19.2 Å². The number of hydroxylamine groups is 2. The molecule has 0 aromatic heterocycles. The van der Waals surface area contributed by atoms with Gasteiger partial charge in [0.1, 0.15) is 12.3 Å². The maximum absolute atomic E-state index is 12.5. The molecular weight excluding hydrogens is 382 g/mol. The lowest BCUT2D eigenvalue weighted by molar-refractivity contribution is -0.199. The van der Waals surface area contributed by atoms with Crippen molar-refractivity contribution in [1.29, 1.82) is 0 Å². The van der Waals surface area contributed by atoms with Crippen molar-refractivity contribution in [3.05, 3.63) is 45.8 Å². The van der Waals surface area contributed by atoms with E-state index in [4.69, 9.17) is 10.4 Å². The van der Waals surface area contributed by atoms with E-state index in [1.807, 2.05) is 0 Å². The summed E-state index contributed by atoms with van der Waals surface area (Å²) in [5.74, 6) is -2.78. The van der Waals surface area contributed by atoms with Crippen LogP contribution in [0.1, 0.15) is 52.8 Å². The summed E-state index contributed by atoms with van der Waals surface area (Å²) in [6, 6.07) is 4.64. The Morgan fingerprint density at radius 2 is 1.86 bits per heavy atom. The van der Waals surface area contributed by atoms with E-state index in [-0.39, 0.29) is 31.4 Å². The van der Waals surface area contributed by atoms with E-state index in [0.29, 0.717) is 29.8 Å². The van der Waals surface area contributed by atoms with Crippen molar-refractivity contribution >= 4 is 30.0 Å². The van der Waals surface area contributed by atoms with E-state index in [9.17, 15) is 24.0 Å². The molecule has 1 heterocycles. The van der Waals surface area contributed by atoms with Gasteiger partial charge in [0.05, 0.1) is 0 Å². The Kier molecular flexibility index (Phi) is 7.87. The summed E-state index contributed by atoms with van der Waals surface area (Å²) in [5, 5.41) is 6.32. The fraction of sp³-hybridized carbons (Fsp3) is 0.389. The van der Waals surface area contributed by atoms with Gasteiger partial charge >= 0.3 is 5.97 Å². The molecule has 1 saturated heterocycles. The highest BCUT2D eigenvalue weighted by molar-refractivity contribution is 6.02. The highest BCUT2D eigenvalue weighted by atomic mass is 16.7. The Balaban J connectivity index is 2.05. The van der Waals surface area contributed by atoms with Crippen LogP contribution in [0.3, 0.4) is 0 Å². The third-order valence-corrected chi connectivity index (χ3v) is 4.15. The van der Waals surface area contributed by atoms with Gasteiger partial charge in [0, 0.05) is 35.4 Å². The van der Waals surface area contributed by atoms with Crippen molar-refractivity contribution in [2.75, 3.05) is 6.54 Å². The molecular formula is C18H19N5O6. The van der Waals surface area contributed by atoms with Gasteiger partial charge in [0.15, 0.2) is 0 Å². The molecule has 1 aliphatic rings. The van der Waals surface area contributed by atoms with Crippen LogP contribution in [0.2, 0.25) is 0 Å². The molecule has 29 heavy (non-hydrogen) atoms. The summed E-state index contributed by atoms with van der Waals surface area (Å²) in [5.41, 5.74) is 8.90. The van der Waals surface area contributed by atoms with E-state index in [2.05, 4.69) is 15.3 Å². The van der Waals surface area contributed by atoms with Gasteiger partial charge in [-0.3, -0.25) is 19.2 Å². The first-order chi connectivity index (χ1) is 14.0. The number of hydrogen-bond acceptors (Lipinski definition) is 7. The highest BCUT2D eigenvalue weighted by Gasteiger charge is 2.35. The van der Waals surface area contributed by atoms with Crippen LogP contribution in [0.5, 0.6) is 0 Å². The first kappa shape index (κ1) is 21.6. The van der Waals surface area contributed by atoms with Crippen LogP contribution in [0.15, 0.2) is 29.4 Å². The molecule has 3 amide bonds. The third kappa shape index (κ3) is 6.15. The molecule has 0 aliphatic carbocycles. The number of amides is 3. The average Bonchev–Trinajstić information content (AvgIpc) is 3.04. The molecule has 0 radical (unpaired) electrons. The Hall–Kier alpha value is -3.72. The lowest BCUT2D eigenvalue weighted by atomic mass is 10.1. The minimum Gasteiger partial charge on any atom is -0.339 e. The largest absolute Gasteiger partial charge is 0.355 e. The van der Waals surface area contributed by atoms with Crippen molar-refractivity contribution in [3.8, 4) is 0 Å². The maximum atomic E-state index is 12.5. The number of azide groups is 1. The second-order valence-corrected chi connectivity index (χ2v) is 6.21. The zero-order valence-electron chi connectivity index (χ0n) is 15.4. The molecule has 152 valence electrons. The number of aldehydes is 1. The number of unbranched alkanes of at least 4 members (excludes halogenated alkanes) is 1. The van der Waals surface area contributed by atoms with Crippen LogP contribution >= 0.6 is 0 Å². The number of carbonyl (C=O) groups is 5. The Bertz CT molecular complexity index is 831. The van der Waals surface area contributed by atoms with Crippen LogP contribution < -0.4 is 5.32 Å². The monoisotopic (exact) mass is 401 g/mol. The van der Waals surface area contributed by atoms with Crippen LogP contribution in [0.25, 0.3) is 10.4 Å². The van der Waals surface area contributed by atoms with Crippen LogP contribution in [-0.4, -0.2) is 47.6 Å². The minimum atomic E-state index is -1.12. The number of nitrogens with one attached hydrogen (secondary N) is 1. The molecule has 1 unspecified atom stereocenters. The maximum Gasteiger partial charge on any atom is 0.355 e. The molecule has 1 aliphatic heterocycles. The second kappa shape index (κ2) is 10.6. The number of hydrogen-bond donors (Lipinski definition) is 1. The van der Waals surface area contributed by atoms with Gasteiger partial charge in [0.25, 0.3) is 17.7 Å². The second-order valence-electron chi connectivity index (χ2n) is 6.21. The van der Waals surface area contributed by atoms with Crippen molar-refractivity contribution in [1.82, 2.24) is 10.4 Å². The summed E-state index contributed by atoms with van der Waals surface area (Å²) in [6.45, 7) is 0.225. The van der Waals surface area contributed by atoms with Gasteiger partial charge in [-0.05, 0) is 30.5 Å². The minimum absolute atomic E-state index is 0.0433. The lowest BCUT2D eigenvalue weighted by Crippen LogP contribution is -2.45. The van der Waals surface area contributed by atoms with Crippen LogP contribution in [0.4, 0.5) is 0 Å². The summed E-state index contributed by atoms with van der Waals surface area (Å²) >= 11 is 0. The van der Waals surface area contributed by atoms with Gasteiger partial charge < -0.3 is 10.2 Å². The zero-order valence-corrected chi connectivity index (χ0v) is 15.4. The molecule has 0 bridgehead atoms. The van der Waals surface area contributed by atoms with Gasteiger partial charge in [-0.15, -0.1) is 5.06 Å². The molecule has 1 aromatic carbocycles. The van der Waals surface area contributed by atoms with Crippen molar-refractivity contribution < 1.29 is 28.8 Å². The molecule has 1 N–H and O–H groups in total. The first-order valence-electron chi connectivity index (χ1n) is 8.91. The van der Waals surface area contributed by atoms with Gasteiger partial charge in [-0.2, -0.15) is 0 Å². The molecule has 1 aromatic rings. The standard InChI is InChI=1S/C18H19N5O6/c19-22-20-10-2-1-3-14(18(28)29-23-15(25)8-9-16(23)26)21-17(27)13-6-4-12(11-24)5-7-13/h4-7,11,14H,1-3,8-10H2,(H,21,27).